The van der Waals surface area contributed by atoms with E-state index in [4.69, 9.17) is 16.3 Å². The van der Waals surface area contributed by atoms with E-state index >= 15 is 0 Å². The third kappa shape index (κ3) is 4.05. The molecule has 0 atom stereocenters. The monoisotopic (exact) mass is 397 g/mol. The molecule has 2 aromatic rings. The molecule has 1 fully saturated rings. The van der Waals surface area contributed by atoms with Crippen molar-refractivity contribution in [3.05, 3.63) is 40.7 Å². The van der Waals surface area contributed by atoms with Crippen LogP contribution in [-0.4, -0.2) is 42.2 Å². The van der Waals surface area contributed by atoms with Gasteiger partial charge in [0.05, 0.1) is 17.9 Å². The molecule has 2 heterocycles. The van der Waals surface area contributed by atoms with E-state index in [1.165, 1.54) is 0 Å². The van der Waals surface area contributed by atoms with E-state index in [1.807, 2.05) is 0 Å². The van der Waals surface area contributed by atoms with Crippen LogP contribution in [0.25, 0.3) is 0 Å². The lowest BCUT2D eigenvalue weighted by molar-refractivity contribution is 0.289. The van der Waals surface area contributed by atoms with Crippen LogP contribution >= 0.6 is 11.6 Å². The predicted molar refractivity (Wildman–Crippen MR) is 101 cm³/mol. The van der Waals surface area contributed by atoms with Crippen molar-refractivity contribution in [2.24, 2.45) is 0 Å². The van der Waals surface area contributed by atoms with Crippen molar-refractivity contribution in [2.45, 2.75) is 44.6 Å². The van der Waals surface area contributed by atoms with Gasteiger partial charge in [0.2, 0.25) is 10.0 Å². The van der Waals surface area contributed by atoms with Crippen LogP contribution in [0.4, 0.5) is 0 Å². The lowest BCUT2D eigenvalue weighted by Crippen LogP contribution is -2.36. The highest BCUT2D eigenvalue weighted by Gasteiger charge is 2.31. The molecular weight excluding hydrogens is 374 g/mol. The molecule has 1 saturated heterocycles. The molecule has 6 nitrogen and oxygen atoms in total. The maximum atomic E-state index is 13.0. The number of hydrogen-bond acceptors (Lipinski definition) is 4. The second-order valence-electron chi connectivity index (χ2n) is 6.49. The number of rotatable bonds is 6. The Balaban J connectivity index is 1.72. The molecule has 0 unspecified atom stereocenters. The quantitative estimate of drug-likeness (QED) is 0.749. The van der Waals surface area contributed by atoms with E-state index in [0.29, 0.717) is 47.5 Å². The lowest BCUT2D eigenvalue weighted by Gasteiger charge is -2.26. The SMILES string of the molecule is Cc1nn(CCOc2ccc(Cl)cc2)c(C)c1S(=O)(=O)N1CCCCC1. The zero-order valence-corrected chi connectivity index (χ0v) is 16.7. The molecule has 1 aromatic carbocycles. The number of nitrogens with zero attached hydrogens (tertiary/aromatic N) is 3. The van der Waals surface area contributed by atoms with E-state index in [9.17, 15) is 8.42 Å². The van der Waals surface area contributed by atoms with Crippen molar-refractivity contribution in [2.75, 3.05) is 19.7 Å². The second-order valence-corrected chi connectivity index (χ2v) is 8.80. The van der Waals surface area contributed by atoms with Gasteiger partial charge in [-0.25, -0.2) is 8.42 Å². The van der Waals surface area contributed by atoms with Crippen LogP contribution in [-0.2, 0) is 16.6 Å². The van der Waals surface area contributed by atoms with E-state index in [2.05, 4.69) is 5.10 Å². The molecule has 0 N–H and O–H groups in total. The van der Waals surface area contributed by atoms with Crippen LogP contribution in [0.2, 0.25) is 5.02 Å². The topological polar surface area (TPSA) is 64.4 Å². The second kappa shape index (κ2) is 7.98. The molecule has 0 saturated carbocycles. The highest BCUT2D eigenvalue weighted by atomic mass is 35.5. The number of benzene rings is 1. The number of ether oxygens (including phenoxy) is 1. The van der Waals surface area contributed by atoms with Crippen molar-refractivity contribution >= 4 is 21.6 Å². The summed E-state index contributed by atoms with van der Waals surface area (Å²) >= 11 is 5.86. The normalized spacial score (nSPS) is 16.0. The fourth-order valence-electron chi connectivity index (χ4n) is 3.29. The molecule has 0 spiro atoms. The average molecular weight is 398 g/mol. The zero-order chi connectivity index (χ0) is 18.7. The van der Waals surface area contributed by atoms with E-state index in [-0.39, 0.29) is 0 Å². The van der Waals surface area contributed by atoms with Crippen molar-refractivity contribution in [3.63, 3.8) is 0 Å². The van der Waals surface area contributed by atoms with Gasteiger partial charge in [-0.3, -0.25) is 4.68 Å². The Bertz CT molecular complexity index is 857. The van der Waals surface area contributed by atoms with Gasteiger partial charge in [0.1, 0.15) is 17.3 Å². The minimum Gasteiger partial charge on any atom is -0.492 e. The summed E-state index contributed by atoms with van der Waals surface area (Å²) in [6.45, 7) is 5.61. The first kappa shape index (κ1) is 19.2. The summed E-state index contributed by atoms with van der Waals surface area (Å²) in [5.41, 5.74) is 1.20. The number of piperidine rings is 1. The Hall–Kier alpha value is -1.57. The van der Waals surface area contributed by atoms with Gasteiger partial charge in [-0.2, -0.15) is 9.40 Å². The average Bonchev–Trinajstić information content (AvgIpc) is 2.92. The third-order valence-electron chi connectivity index (χ3n) is 4.61. The van der Waals surface area contributed by atoms with E-state index in [0.717, 1.165) is 25.0 Å². The summed E-state index contributed by atoms with van der Waals surface area (Å²) in [5, 5.41) is 5.08. The smallest absolute Gasteiger partial charge is 0.246 e. The Kier molecular flexibility index (Phi) is 5.89. The number of hydrogen-bond donors (Lipinski definition) is 0. The highest BCUT2D eigenvalue weighted by molar-refractivity contribution is 7.89. The number of sulfonamides is 1. The molecule has 0 radical (unpaired) electrons. The predicted octanol–water partition coefficient (Wildman–Crippen LogP) is 3.41. The van der Waals surface area contributed by atoms with Crippen LogP contribution < -0.4 is 4.74 Å². The van der Waals surface area contributed by atoms with E-state index in [1.54, 1.807) is 47.1 Å². The molecule has 3 rings (SSSR count). The maximum absolute atomic E-state index is 13.0. The Labute approximate surface area is 159 Å². The van der Waals surface area contributed by atoms with E-state index < -0.39 is 10.0 Å². The largest absolute Gasteiger partial charge is 0.492 e. The Morgan fingerprint density at radius 3 is 2.42 bits per heavy atom. The van der Waals surface area contributed by atoms with Gasteiger partial charge in [0, 0.05) is 18.1 Å². The van der Waals surface area contributed by atoms with Crippen LogP contribution in [0.3, 0.4) is 0 Å². The van der Waals surface area contributed by atoms with Crippen LogP contribution in [0.1, 0.15) is 30.7 Å². The maximum Gasteiger partial charge on any atom is 0.246 e. The number of aryl methyl sites for hydroxylation is 1. The minimum absolute atomic E-state index is 0.339. The van der Waals surface area contributed by atoms with Gasteiger partial charge in [-0.15, -0.1) is 0 Å². The standard InChI is InChI=1S/C18H24ClN3O3S/c1-14-18(26(23,24)21-10-4-3-5-11-21)15(2)22(20-14)12-13-25-17-8-6-16(19)7-9-17/h6-9H,3-5,10-13H2,1-2H3. The third-order valence-corrected chi connectivity index (χ3v) is 7.02. The molecule has 0 aliphatic carbocycles. The summed E-state index contributed by atoms with van der Waals surface area (Å²) in [6, 6.07) is 7.14. The van der Waals surface area contributed by atoms with Crippen molar-refractivity contribution in [1.29, 1.82) is 0 Å². The summed E-state index contributed by atoms with van der Waals surface area (Å²) in [5.74, 6) is 0.720. The summed E-state index contributed by atoms with van der Waals surface area (Å²) in [6.07, 6.45) is 2.92. The van der Waals surface area contributed by atoms with Crippen LogP contribution in [0.15, 0.2) is 29.2 Å². The van der Waals surface area contributed by atoms with Crippen LogP contribution in [0, 0.1) is 13.8 Å². The molecule has 1 aliphatic heterocycles. The molecule has 1 aliphatic rings. The van der Waals surface area contributed by atoms with Crippen LogP contribution in [0.5, 0.6) is 5.75 Å². The fourth-order valence-corrected chi connectivity index (χ4v) is 5.30. The molecule has 1 aromatic heterocycles. The molecular formula is C18H24ClN3O3S. The van der Waals surface area contributed by atoms with Gasteiger partial charge in [-0.05, 0) is 51.0 Å². The van der Waals surface area contributed by atoms with Gasteiger partial charge in [-0.1, -0.05) is 18.0 Å². The molecule has 26 heavy (non-hydrogen) atoms. The van der Waals surface area contributed by atoms with Crippen molar-refractivity contribution in [1.82, 2.24) is 14.1 Å². The van der Waals surface area contributed by atoms with Gasteiger partial charge in [0.15, 0.2) is 0 Å². The lowest BCUT2D eigenvalue weighted by atomic mass is 10.2. The highest BCUT2D eigenvalue weighted by Crippen LogP contribution is 2.26. The first-order valence-corrected chi connectivity index (χ1v) is 10.6. The van der Waals surface area contributed by atoms with Gasteiger partial charge in [0.25, 0.3) is 0 Å². The van der Waals surface area contributed by atoms with Crippen molar-refractivity contribution < 1.29 is 13.2 Å². The summed E-state index contributed by atoms with van der Waals surface area (Å²) in [7, 11) is -3.49. The first-order valence-electron chi connectivity index (χ1n) is 8.82. The Morgan fingerprint density at radius 1 is 1.12 bits per heavy atom. The molecule has 0 bridgehead atoms. The Morgan fingerprint density at radius 2 is 1.77 bits per heavy atom. The summed E-state index contributed by atoms with van der Waals surface area (Å²) < 4.78 is 35.0. The van der Waals surface area contributed by atoms with Gasteiger partial charge < -0.3 is 4.74 Å². The molecule has 0 amide bonds. The minimum atomic E-state index is -3.49. The fraction of sp³-hybridized carbons (Fsp3) is 0.500. The molecule has 8 heteroatoms. The number of aromatic nitrogens is 2. The number of halogens is 1. The summed E-state index contributed by atoms with van der Waals surface area (Å²) in [4.78, 5) is 0.339. The first-order chi connectivity index (χ1) is 12.4. The zero-order valence-electron chi connectivity index (χ0n) is 15.1. The van der Waals surface area contributed by atoms with Gasteiger partial charge >= 0.3 is 0 Å². The van der Waals surface area contributed by atoms with Crippen molar-refractivity contribution in [3.8, 4) is 5.75 Å². The molecule has 142 valence electrons.